The van der Waals surface area contributed by atoms with Gasteiger partial charge in [-0.25, -0.2) is 8.96 Å². The van der Waals surface area contributed by atoms with Gasteiger partial charge >= 0.3 is 6.36 Å². The van der Waals surface area contributed by atoms with Crippen LogP contribution in [0.1, 0.15) is 10.4 Å². The Morgan fingerprint density at radius 3 is 2.42 bits per heavy atom. The second-order valence-electron chi connectivity index (χ2n) is 6.79. The molecule has 0 radical (unpaired) electrons. The monoisotopic (exact) mass is 430 g/mol. The van der Waals surface area contributed by atoms with Crippen LogP contribution >= 0.6 is 0 Å². The fourth-order valence-corrected chi connectivity index (χ4v) is 3.25. The fraction of sp³-hybridized carbons (Fsp3) is 0.0909. The first-order chi connectivity index (χ1) is 14.7. The van der Waals surface area contributed by atoms with Crippen molar-refractivity contribution in [1.29, 1.82) is 0 Å². The topological polar surface area (TPSA) is 47.1 Å². The summed E-state index contributed by atoms with van der Waals surface area (Å²) in [5.41, 5.74) is 4.98. The van der Waals surface area contributed by atoms with E-state index in [1.165, 1.54) is 24.3 Å². The summed E-state index contributed by atoms with van der Waals surface area (Å²) in [5, 5.41) is 0. The average Bonchev–Trinajstić information content (AvgIpc) is 3.03. The third-order valence-corrected chi connectivity index (χ3v) is 4.66. The van der Waals surface area contributed by atoms with Crippen molar-refractivity contribution in [3.05, 3.63) is 84.4 Å². The summed E-state index contributed by atoms with van der Waals surface area (Å²) in [6, 6.07) is 16.2. The van der Waals surface area contributed by atoms with Crippen molar-refractivity contribution in [2.75, 3.05) is 5.43 Å². The van der Waals surface area contributed by atoms with Crippen molar-refractivity contribution < 1.29 is 31.7 Å². The van der Waals surface area contributed by atoms with Gasteiger partial charge in [0.1, 0.15) is 11.6 Å². The first-order valence-corrected chi connectivity index (χ1v) is 9.14. The lowest BCUT2D eigenvalue weighted by molar-refractivity contribution is -0.645. The maximum atomic E-state index is 14.7. The number of rotatable bonds is 4. The summed E-state index contributed by atoms with van der Waals surface area (Å²) in [6.45, 7) is 0. The van der Waals surface area contributed by atoms with Crippen molar-refractivity contribution >= 4 is 16.9 Å². The fourth-order valence-electron chi connectivity index (χ4n) is 3.25. The molecular weight excluding hydrogens is 414 g/mol. The Hall–Kier alpha value is -3.88. The number of amides is 1. The molecule has 1 amide bonds. The Morgan fingerprint density at radius 2 is 1.74 bits per heavy atom. The number of aryl methyl sites for hydroxylation is 1. The summed E-state index contributed by atoms with van der Waals surface area (Å²) >= 11 is 0. The van der Waals surface area contributed by atoms with E-state index in [1.54, 1.807) is 11.0 Å². The minimum atomic E-state index is -4.80. The number of nitrogens with zero attached hydrogens (tertiary/aromatic N) is 2. The average molecular weight is 430 g/mol. The van der Waals surface area contributed by atoms with E-state index in [9.17, 15) is 22.4 Å². The van der Waals surface area contributed by atoms with Gasteiger partial charge in [0.25, 0.3) is 12.2 Å². The van der Waals surface area contributed by atoms with Crippen LogP contribution in [0.4, 0.5) is 17.6 Å². The van der Waals surface area contributed by atoms with Gasteiger partial charge in [0, 0.05) is 11.1 Å². The highest BCUT2D eigenvalue weighted by Gasteiger charge is 2.31. The van der Waals surface area contributed by atoms with Crippen molar-refractivity contribution in [2.45, 2.75) is 6.36 Å². The number of benzene rings is 3. The molecule has 5 nitrogen and oxygen atoms in total. The Kier molecular flexibility index (Phi) is 5.10. The number of carbonyl (C=O) groups excluding carboxylic acids is 1. The van der Waals surface area contributed by atoms with Crippen LogP contribution in [0.5, 0.6) is 5.75 Å². The van der Waals surface area contributed by atoms with Crippen LogP contribution in [0.3, 0.4) is 0 Å². The molecule has 158 valence electrons. The maximum absolute atomic E-state index is 14.7. The number of para-hydroxylation sites is 2. The third kappa shape index (κ3) is 4.35. The molecule has 0 saturated heterocycles. The van der Waals surface area contributed by atoms with Gasteiger partial charge in [-0.2, -0.15) is 5.43 Å². The maximum Gasteiger partial charge on any atom is 0.573 e. The number of halogens is 4. The van der Waals surface area contributed by atoms with Crippen molar-refractivity contribution in [3.8, 4) is 16.9 Å². The van der Waals surface area contributed by atoms with E-state index in [-0.39, 0.29) is 11.1 Å². The minimum Gasteiger partial charge on any atom is -0.406 e. The summed E-state index contributed by atoms with van der Waals surface area (Å²) in [5.74, 6) is -1.60. The smallest absolute Gasteiger partial charge is 0.406 e. The largest absolute Gasteiger partial charge is 0.573 e. The summed E-state index contributed by atoms with van der Waals surface area (Å²) < 4.78 is 58.7. The molecule has 4 aromatic rings. The van der Waals surface area contributed by atoms with Crippen LogP contribution in [0.25, 0.3) is 22.2 Å². The standard InChI is InChI=1S/C22H15F4N3O2/c1-28-13-29(20-5-3-2-4-19(20)28)27-21(30)15-8-11-17(18(23)12-15)14-6-9-16(10-7-14)31-22(24,25)26/h2-13H,1H3/p+1. The lowest BCUT2D eigenvalue weighted by atomic mass is 10.0. The Bertz CT molecular complexity index is 1260. The van der Waals surface area contributed by atoms with Gasteiger partial charge in [0.05, 0.1) is 7.05 Å². The van der Waals surface area contributed by atoms with Crippen molar-refractivity contribution in [3.63, 3.8) is 0 Å². The van der Waals surface area contributed by atoms with Gasteiger partial charge in [-0.3, -0.25) is 4.79 Å². The Balaban J connectivity index is 1.55. The van der Waals surface area contributed by atoms with E-state index in [0.717, 1.165) is 29.2 Å². The van der Waals surface area contributed by atoms with Gasteiger partial charge in [-0.05, 0) is 42.0 Å². The summed E-state index contributed by atoms with van der Waals surface area (Å²) in [4.78, 5) is 12.6. The molecule has 0 atom stereocenters. The summed E-state index contributed by atoms with van der Waals surface area (Å²) in [7, 11) is 1.84. The molecule has 4 rings (SSSR count). The van der Waals surface area contributed by atoms with Gasteiger partial charge in [0.15, 0.2) is 11.0 Å². The highest BCUT2D eigenvalue weighted by molar-refractivity contribution is 6.01. The van der Waals surface area contributed by atoms with Crippen LogP contribution in [0.15, 0.2) is 73.1 Å². The van der Waals surface area contributed by atoms with Crippen molar-refractivity contribution in [2.24, 2.45) is 7.05 Å². The van der Waals surface area contributed by atoms with Crippen LogP contribution in [0.2, 0.25) is 0 Å². The second kappa shape index (κ2) is 7.75. The number of nitrogens with one attached hydrogen (secondary N) is 1. The number of fused-ring (bicyclic) bond motifs is 1. The SMILES string of the molecule is C[n+]1cn(NC(=O)c2ccc(-c3ccc(OC(F)(F)F)cc3)c(F)c2)c2ccccc21. The molecule has 9 heteroatoms. The number of alkyl halides is 3. The first-order valence-electron chi connectivity index (χ1n) is 9.14. The van der Waals surface area contributed by atoms with Gasteiger partial charge in [-0.15, -0.1) is 17.8 Å². The number of imidazole rings is 1. The van der Waals surface area contributed by atoms with E-state index in [1.807, 2.05) is 35.9 Å². The molecule has 0 saturated carbocycles. The van der Waals surface area contributed by atoms with Gasteiger partial charge in [-0.1, -0.05) is 30.3 Å². The lowest BCUT2D eigenvalue weighted by Gasteiger charge is -2.10. The quantitative estimate of drug-likeness (QED) is 0.381. The molecular formula is C22H16F4N3O2+. The molecule has 1 aromatic heterocycles. The number of aromatic nitrogens is 2. The van der Waals surface area contributed by atoms with Gasteiger partial charge in [0.2, 0.25) is 0 Å². The molecule has 0 unspecified atom stereocenters. The van der Waals surface area contributed by atoms with E-state index in [0.29, 0.717) is 5.56 Å². The van der Waals surface area contributed by atoms with E-state index in [4.69, 9.17) is 0 Å². The lowest BCUT2D eigenvalue weighted by Crippen LogP contribution is -2.28. The zero-order valence-corrected chi connectivity index (χ0v) is 16.2. The van der Waals surface area contributed by atoms with Gasteiger partial charge < -0.3 is 4.74 Å². The molecule has 0 bridgehead atoms. The number of hydrogen-bond acceptors (Lipinski definition) is 2. The molecule has 31 heavy (non-hydrogen) atoms. The molecule has 0 aliphatic carbocycles. The highest BCUT2D eigenvalue weighted by atomic mass is 19.4. The van der Waals surface area contributed by atoms with Crippen LogP contribution in [0, 0.1) is 5.82 Å². The minimum absolute atomic E-state index is 0.0960. The first kappa shape index (κ1) is 20.4. The van der Waals surface area contributed by atoms with E-state index in [2.05, 4.69) is 10.2 Å². The van der Waals surface area contributed by atoms with Crippen LogP contribution in [-0.4, -0.2) is 16.9 Å². The van der Waals surface area contributed by atoms with Crippen LogP contribution in [-0.2, 0) is 7.05 Å². The number of hydrogen-bond donors (Lipinski definition) is 1. The third-order valence-electron chi connectivity index (χ3n) is 4.66. The molecule has 0 aliphatic rings. The van der Waals surface area contributed by atoms with E-state index < -0.39 is 23.8 Å². The molecule has 0 aliphatic heterocycles. The predicted molar refractivity (Wildman–Crippen MR) is 105 cm³/mol. The number of carbonyl (C=O) groups is 1. The highest BCUT2D eigenvalue weighted by Crippen LogP contribution is 2.28. The molecule has 0 fully saturated rings. The summed E-state index contributed by atoms with van der Waals surface area (Å²) in [6.07, 6.45) is -3.11. The van der Waals surface area contributed by atoms with E-state index >= 15 is 0 Å². The molecule has 1 heterocycles. The normalized spacial score (nSPS) is 11.5. The Labute approximate surface area is 174 Å². The second-order valence-corrected chi connectivity index (χ2v) is 6.79. The molecule has 0 spiro atoms. The molecule has 3 aromatic carbocycles. The number of ether oxygens (including phenoxy) is 1. The van der Waals surface area contributed by atoms with Crippen molar-refractivity contribution in [1.82, 2.24) is 4.68 Å². The molecule has 1 N–H and O–H groups in total. The Morgan fingerprint density at radius 1 is 1.03 bits per heavy atom. The predicted octanol–water partition coefficient (Wildman–Crippen LogP) is 4.55. The zero-order valence-electron chi connectivity index (χ0n) is 16.2. The zero-order chi connectivity index (χ0) is 22.2. The van der Waals surface area contributed by atoms with Crippen LogP contribution < -0.4 is 14.7 Å².